The fraction of sp³-hybridized carbons (Fsp3) is 0.409. The molecule has 1 aliphatic rings. The van der Waals surface area contributed by atoms with Crippen LogP contribution in [-0.2, 0) is 11.3 Å². The van der Waals surface area contributed by atoms with Crippen LogP contribution < -0.4 is 10.6 Å². The van der Waals surface area contributed by atoms with Gasteiger partial charge >= 0.3 is 0 Å². The van der Waals surface area contributed by atoms with Gasteiger partial charge in [0, 0.05) is 36.7 Å². The molecule has 2 aromatic rings. The monoisotopic (exact) mass is 385 g/mol. The zero-order valence-corrected chi connectivity index (χ0v) is 16.6. The molecular weight excluding hydrogens is 358 g/mol. The first-order valence-electron chi connectivity index (χ1n) is 9.64. The minimum absolute atomic E-state index is 0.0670. The predicted molar refractivity (Wildman–Crippen MR) is 111 cm³/mol. The molecule has 27 heavy (non-hydrogen) atoms. The van der Waals surface area contributed by atoms with E-state index in [1.54, 1.807) is 0 Å². The highest BCUT2D eigenvalue weighted by Crippen LogP contribution is 2.16. The van der Waals surface area contributed by atoms with Crippen LogP contribution in [0.4, 0.5) is 0 Å². The van der Waals surface area contributed by atoms with Gasteiger partial charge in [-0.05, 0) is 43.0 Å². The molecule has 5 heteroatoms. The van der Waals surface area contributed by atoms with Crippen molar-refractivity contribution in [2.45, 2.75) is 38.4 Å². The van der Waals surface area contributed by atoms with Gasteiger partial charge in [0.25, 0.3) is 0 Å². The molecule has 1 aliphatic heterocycles. The van der Waals surface area contributed by atoms with Crippen LogP contribution in [0.25, 0.3) is 0 Å². The zero-order valence-electron chi connectivity index (χ0n) is 15.8. The number of carbonyl (C=O) groups excluding carboxylic acids is 1. The lowest BCUT2D eigenvalue weighted by molar-refractivity contribution is -0.121. The maximum atomic E-state index is 12.3. The summed E-state index contributed by atoms with van der Waals surface area (Å²) in [6, 6.07) is 18.7. The van der Waals surface area contributed by atoms with E-state index in [-0.39, 0.29) is 18.0 Å². The van der Waals surface area contributed by atoms with E-state index < -0.39 is 0 Å². The van der Waals surface area contributed by atoms with Gasteiger partial charge in [0.15, 0.2) is 0 Å². The second-order valence-corrected chi connectivity index (χ2v) is 7.69. The number of hydrogen-bond acceptors (Lipinski definition) is 3. The van der Waals surface area contributed by atoms with Gasteiger partial charge in [-0.2, -0.15) is 0 Å². The van der Waals surface area contributed by atoms with Gasteiger partial charge in [-0.25, -0.2) is 0 Å². The summed E-state index contributed by atoms with van der Waals surface area (Å²) in [6.45, 7) is 5.41. The summed E-state index contributed by atoms with van der Waals surface area (Å²) in [5, 5.41) is 7.18. The first kappa shape index (κ1) is 19.9. The van der Waals surface area contributed by atoms with E-state index in [0.29, 0.717) is 6.54 Å². The quantitative estimate of drug-likeness (QED) is 0.762. The highest BCUT2D eigenvalue weighted by Gasteiger charge is 2.20. The molecule has 0 aromatic heterocycles. The van der Waals surface area contributed by atoms with E-state index in [1.165, 1.54) is 5.56 Å². The summed E-state index contributed by atoms with van der Waals surface area (Å²) >= 11 is 5.92. The van der Waals surface area contributed by atoms with Gasteiger partial charge in [-0.15, -0.1) is 0 Å². The first-order chi connectivity index (χ1) is 13.1. The van der Waals surface area contributed by atoms with E-state index in [0.717, 1.165) is 43.1 Å². The number of amides is 1. The average Bonchev–Trinajstić information content (AvgIpc) is 2.69. The summed E-state index contributed by atoms with van der Waals surface area (Å²) in [7, 11) is 0. The number of piperidine rings is 1. The Labute approximate surface area is 166 Å². The first-order valence-corrected chi connectivity index (χ1v) is 10.0. The molecule has 3 rings (SSSR count). The zero-order chi connectivity index (χ0) is 19.1. The molecular formula is C22H28ClN3O. The Hall–Kier alpha value is -1.88. The van der Waals surface area contributed by atoms with Gasteiger partial charge in [-0.1, -0.05) is 54.1 Å². The van der Waals surface area contributed by atoms with Crippen LogP contribution in [0.5, 0.6) is 0 Å². The molecule has 1 amide bonds. The smallest absolute Gasteiger partial charge is 0.234 e. The van der Waals surface area contributed by atoms with E-state index in [1.807, 2.05) is 30.3 Å². The van der Waals surface area contributed by atoms with Crippen molar-refractivity contribution >= 4 is 17.5 Å². The minimum atomic E-state index is 0.0670. The van der Waals surface area contributed by atoms with Crippen molar-refractivity contribution < 1.29 is 4.79 Å². The van der Waals surface area contributed by atoms with Crippen LogP contribution in [0.3, 0.4) is 0 Å². The summed E-state index contributed by atoms with van der Waals surface area (Å²) in [6.07, 6.45) is 2.01. The standard InChI is InChI=1S/C22H28ClN3O/c1-17(19-7-9-20(23)10-8-19)24-15-22(27)25-21-11-13-26(14-12-21)16-18-5-3-2-4-6-18/h2-10,17,21,24H,11-16H2,1H3,(H,25,27)/t17-/m1/s1. The van der Waals surface area contributed by atoms with Crippen LogP contribution in [0.15, 0.2) is 54.6 Å². The Morgan fingerprint density at radius 2 is 1.78 bits per heavy atom. The van der Waals surface area contributed by atoms with Crippen molar-refractivity contribution in [2.24, 2.45) is 0 Å². The van der Waals surface area contributed by atoms with Gasteiger partial charge in [0.2, 0.25) is 5.91 Å². The third-order valence-corrected chi connectivity index (χ3v) is 5.39. The molecule has 1 atom stereocenters. The fourth-order valence-corrected chi connectivity index (χ4v) is 3.60. The number of benzene rings is 2. The normalized spacial score (nSPS) is 16.8. The number of nitrogens with one attached hydrogen (secondary N) is 2. The molecule has 1 heterocycles. The second-order valence-electron chi connectivity index (χ2n) is 7.26. The molecule has 0 aliphatic carbocycles. The molecule has 144 valence electrons. The molecule has 0 saturated carbocycles. The van der Waals surface area contributed by atoms with Crippen molar-refractivity contribution in [3.63, 3.8) is 0 Å². The SMILES string of the molecule is C[C@@H](NCC(=O)NC1CCN(Cc2ccccc2)CC1)c1ccc(Cl)cc1. The van der Waals surface area contributed by atoms with Crippen LogP contribution in [0, 0.1) is 0 Å². The number of rotatable bonds is 7. The Morgan fingerprint density at radius 3 is 2.44 bits per heavy atom. The summed E-state index contributed by atoms with van der Waals surface area (Å²) < 4.78 is 0. The van der Waals surface area contributed by atoms with E-state index >= 15 is 0 Å². The van der Waals surface area contributed by atoms with Gasteiger partial charge in [0.1, 0.15) is 0 Å². The highest BCUT2D eigenvalue weighted by atomic mass is 35.5. The number of hydrogen-bond donors (Lipinski definition) is 2. The number of carbonyl (C=O) groups is 1. The molecule has 2 aromatic carbocycles. The molecule has 0 unspecified atom stereocenters. The van der Waals surface area contributed by atoms with Crippen molar-refractivity contribution in [2.75, 3.05) is 19.6 Å². The lowest BCUT2D eigenvalue weighted by atomic mass is 10.0. The third-order valence-electron chi connectivity index (χ3n) is 5.14. The molecule has 1 saturated heterocycles. The molecule has 4 nitrogen and oxygen atoms in total. The minimum Gasteiger partial charge on any atom is -0.352 e. The lowest BCUT2D eigenvalue weighted by Gasteiger charge is -2.32. The Morgan fingerprint density at radius 1 is 1.11 bits per heavy atom. The van der Waals surface area contributed by atoms with E-state index in [4.69, 9.17) is 11.6 Å². The highest BCUT2D eigenvalue weighted by molar-refractivity contribution is 6.30. The Balaban J connectivity index is 1.36. The van der Waals surface area contributed by atoms with E-state index in [9.17, 15) is 4.79 Å². The summed E-state index contributed by atoms with van der Waals surface area (Å²) in [5.41, 5.74) is 2.47. The predicted octanol–water partition coefficient (Wildman–Crippen LogP) is 3.77. The van der Waals surface area contributed by atoms with Crippen molar-refractivity contribution in [1.82, 2.24) is 15.5 Å². The van der Waals surface area contributed by atoms with Crippen LogP contribution in [0.2, 0.25) is 5.02 Å². The number of nitrogens with zero attached hydrogens (tertiary/aromatic N) is 1. The maximum absolute atomic E-state index is 12.3. The number of likely N-dealkylation sites (tertiary alicyclic amines) is 1. The Bertz CT molecular complexity index is 712. The Kier molecular flexibility index (Phi) is 7.27. The third kappa shape index (κ3) is 6.35. The van der Waals surface area contributed by atoms with Crippen LogP contribution in [0.1, 0.15) is 36.9 Å². The molecule has 2 N–H and O–H groups in total. The van der Waals surface area contributed by atoms with Gasteiger partial charge in [-0.3, -0.25) is 9.69 Å². The largest absolute Gasteiger partial charge is 0.352 e. The number of halogens is 1. The van der Waals surface area contributed by atoms with Crippen LogP contribution in [-0.4, -0.2) is 36.5 Å². The fourth-order valence-electron chi connectivity index (χ4n) is 3.47. The van der Waals surface area contributed by atoms with Gasteiger partial charge < -0.3 is 10.6 Å². The van der Waals surface area contributed by atoms with Crippen molar-refractivity contribution in [1.29, 1.82) is 0 Å². The van der Waals surface area contributed by atoms with Crippen molar-refractivity contribution in [3.05, 3.63) is 70.7 Å². The topological polar surface area (TPSA) is 44.4 Å². The lowest BCUT2D eigenvalue weighted by Crippen LogP contribution is -2.46. The summed E-state index contributed by atoms with van der Waals surface area (Å²) in [5.74, 6) is 0.0670. The molecule has 0 radical (unpaired) electrons. The van der Waals surface area contributed by atoms with E-state index in [2.05, 4.69) is 46.7 Å². The average molecular weight is 386 g/mol. The molecule has 0 spiro atoms. The second kappa shape index (κ2) is 9.88. The molecule has 1 fully saturated rings. The van der Waals surface area contributed by atoms with Gasteiger partial charge in [0.05, 0.1) is 6.54 Å². The summed E-state index contributed by atoms with van der Waals surface area (Å²) in [4.78, 5) is 14.7. The van der Waals surface area contributed by atoms with Crippen LogP contribution >= 0.6 is 11.6 Å². The maximum Gasteiger partial charge on any atom is 0.234 e. The molecule has 0 bridgehead atoms. The van der Waals surface area contributed by atoms with Crippen molar-refractivity contribution in [3.8, 4) is 0 Å².